The lowest BCUT2D eigenvalue weighted by atomic mass is 9.97. The average Bonchev–Trinajstić information content (AvgIpc) is 3.47. The second-order valence-electron chi connectivity index (χ2n) is 8.78. The van der Waals surface area contributed by atoms with Gasteiger partial charge in [0.25, 0.3) is 11.5 Å². The van der Waals surface area contributed by atoms with Gasteiger partial charge >= 0.3 is 0 Å². The van der Waals surface area contributed by atoms with Gasteiger partial charge in [-0.05, 0) is 67.9 Å². The van der Waals surface area contributed by atoms with Gasteiger partial charge in [-0.2, -0.15) is 0 Å². The number of benzene rings is 1. The highest BCUT2D eigenvalue weighted by molar-refractivity contribution is 7.10. The Morgan fingerprint density at radius 1 is 1.26 bits per heavy atom. The van der Waals surface area contributed by atoms with Crippen LogP contribution in [0.25, 0.3) is 10.9 Å². The zero-order chi connectivity index (χ0) is 21.4. The van der Waals surface area contributed by atoms with Gasteiger partial charge in [0.15, 0.2) is 0 Å². The molecule has 2 aliphatic rings. The van der Waals surface area contributed by atoms with Crippen molar-refractivity contribution < 1.29 is 4.79 Å². The lowest BCUT2D eigenvalue weighted by Gasteiger charge is -2.36. The number of amides is 1. The molecule has 0 spiro atoms. The SMILES string of the molecule is CC1CCN([C@H](CNC(=O)c2ccc3c(=O)n4c(nc3c2)CCC4)c2cccs2)CC1. The second kappa shape index (κ2) is 8.55. The third-order valence-electron chi connectivity index (χ3n) is 6.67. The molecule has 1 amide bonds. The van der Waals surface area contributed by atoms with Crippen molar-refractivity contribution >= 4 is 28.1 Å². The third-order valence-corrected chi connectivity index (χ3v) is 7.64. The van der Waals surface area contributed by atoms with Crippen LogP contribution in [-0.2, 0) is 13.0 Å². The van der Waals surface area contributed by atoms with Crippen molar-refractivity contribution in [2.24, 2.45) is 5.92 Å². The van der Waals surface area contributed by atoms with Crippen molar-refractivity contribution in [1.29, 1.82) is 0 Å². The van der Waals surface area contributed by atoms with Crippen LogP contribution in [-0.4, -0.2) is 40.0 Å². The van der Waals surface area contributed by atoms with E-state index in [0.717, 1.165) is 44.2 Å². The van der Waals surface area contributed by atoms with Gasteiger partial charge in [0.2, 0.25) is 0 Å². The molecule has 0 radical (unpaired) electrons. The number of carbonyl (C=O) groups excluding carboxylic acids is 1. The first-order valence-electron chi connectivity index (χ1n) is 11.2. The molecule has 0 unspecified atom stereocenters. The van der Waals surface area contributed by atoms with Crippen molar-refractivity contribution in [3.8, 4) is 0 Å². The Morgan fingerprint density at radius 3 is 2.87 bits per heavy atom. The van der Waals surface area contributed by atoms with Crippen molar-refractivity contribution in [2.75, 3.05) is 19.6 Å². The maximum Gasteiger partial charge on any atom is 0.261 e. The Labute approximate surface area is 185 Å². The maximum atomic E-state index is 13.0. The Kier molecular flexibility index (Phi) is 5.63. The fourth-order valence-electron chi connectivity index (χ4n) is 4.75. The van der Waals surface area contributed by atoms with E-state index in [1.54, 1.807) is 34.1 Å². The molecule has 1 fully saturated rings. The van der Waals surface area contributed by atoms with Crippen LogP contribution in [0.5, 0.6) is 0 Å². The molecular weight excluding hydrogens is 408 g/mol. The van der Waals surface area contributed by atoms with Gasteiger partial charge in [-0.1, -0.05) is 13.0 Å². The minimum atomic E-state index is -0.115. The predicted octanol–water partition coefficient (Wildman–Crippen LogP) is 3.61. The van der Waals surface area contributed by atoms with E-state index in [0.29, 0.717) is 23.0 Å². The zero-order valence-corrected chi connectivity index (χ0v) is 18.7. The fraction of sp³-hybridized carbons (Fsp3) is 0.458. The van der Waals surface area contributed by atoms with E-state index in [9.17, 15) is 9.59 Å². The molecule has 0 bridgehead atoms. The Balaban J connectivity index is 1.34. The number of thiophene rings is 1. The zero-order valence-electron chi connectivity index (χ0n) is 17.8. The monoisotopic (exact) mass is 436 g/mol. The minimum Gasteiger partial charge on any atom is -0.350 e. The molecule has 2 aliphatic heterocycles. The number of hydrogen-bond donors (Lipinski definition) is 1. The first-order valence-corrected chi connectivity index (χ1v) is 12.1. The Hall–Kier alpha value is -2.51. The van der Waals surface area contributed by atoms with E-state index in [1.807, 2.05) is 0 Å². The number of aryl methyl sites for hydroxylation is 1. The number of rotatable bonds is 5. The molecule has 0 aliphatic carbocycles. The van der Waals surface area contributed by atoms with Gasteiger partial charge in [-0.3, -0.25) is 19.1 Å². The molecule has 2 aromatic heterocycles. The normalized spacial score (nSPS) is 18.2. The largest absolute Gasteiger partial charge is 0.350 e. The van der Waals surface area contributed by atoms with Gasteiger partial charge in [-0.15, -0.1) is 11.3 Å². The van der Waals surface area contributed by atoms with Crippen molar-refractivity contribution in [2.45, 2.75) is 45.2 Å². The highest BCUT2D eigenvalue weighted by Gasteiger charge is 2.26. The quantitative estimate of drug-likeness (QED) is 0.664. The van der Waals surface area contributed by atoms with E-state index in [-0.39, 0.29) is 17.5 Å². The third kappa shape index (κ3) is 4.04. The highest BCUT2D eigenvalue weighted by atomic mass is 32.1. The maximum absolute atomic E-state index is 13.0. The van der Waals surface area contributed by atoms with Crippen LogP contribution in [0, 0.1) is 5.92 Å². The second-order valence-corrected chi connectivity index (χ2v) is 9.76. The first-order chi connectivity index (χ1) is 15.1. The van der Waals surface area contributed by atoms with Crippen LogP contribution in [0.2, 0.25) is 0 Å². The Morgan fingerprint density at radius 2 is 2.10 bits per heavy atom. The summed E-state index contributed by atoms with van der Waals surface area (Å²) in [6, 6.07) is 9.68. The number of nitrogens with one attached hydrogen (secondary N) is 1. The van der Waals surface area contributed by atoms with Crippen molar-refractivity contribution in [3.05, 3.63) is 62.3 Å². The van der Waals surface area contributed by atoms with Crippen LogP contribution in [0.3, 0.4) is 0 Å². The molecule has 1 atom stereocenters. The van der Waals surface area contributed by atoms with E-state index in [1.165, 1.54) is 17.7 Å². The Bertz CT molecular complexity index is 1150. The number of nitrogens with zero attached hydrogens (tertiary/aromatic N) is 3. The summed E-state index contributed by atoms with van der Waals surface area (Å²) < 4.78 is 1.76. The summed E-state index contributed by atoms with van der Waals surface area (Å²) in [5.74, 6) is 1.48. The fourth-order valence-corrected chi connectivity index (χ4v) is 5.61. The lowest BCUT2D eigenvalue weighted by Crippen LogP contribution is -2.41. The first kappa shape index (κ1) is 20.4. The highest BCUT2D eigenvalue weighted by Crippen LogP contribution is 2.29. The van der Waals surface area contributed by atoms with Gasteiger partial charge in [-0.25, -0.2) is 4.98 Å². The van der Waals surface area contributed by atoms with Crippen LogP contribution < -0.4 is 10.9 Å². The van der Waals surface area contributed by atoms with Crippen molar-refractivity contribution in [1.82, 2.24) is 19.8 Å². The molecule has 1 aromatic carbocycles. The molecule has 0 saturated carbocycles. The summed E-state index contributed by atoms with van der Waals surface area (Å²) in [6.45, 7) is 5.75. The van der Waals surface area contributed by atoms with Gasteiger partial charge in [0, 0.05) is 30.0 Å². The van der Waals surface area contributed by atoms with Crippen LogP contribution in [0.1, 0.15) is 53.3 Å². The smallest absolute Gasteiger partial charge is 0.261 e. The van der Waals surface area contributed by atoms with E-state index >= 15 is 0 Å². The topological polar surface area (TPSA) is 67.2 Å². The van der Waals surface area contributed by atoms with Gasteiger partial charge in [0.05, 0.1) is 16.9 Å². The van der Waals surface area contributed by atoms with Crippen LogP contribution in [0.15, 0.2) is 40.5 Å². The number of likely N-dealkylation sites (tertiary alicyclic amines) is 1. The van der Waals surface area contributed by atoms with Crippen LogP contribution >= 0.6 is 11.3 Å². The molecular formula is C24H28N4O2S. The number of carbonyl (C=O) groups is 1. The van der Waals surface area contributed by atoms with Crippen molar-refractivity contribution in [3.63, 3.8) is 0 Å². The molecule has 7 heteroatoms. The molecule has 6 nitrogen and oxygen atoms in total. The predicted molar refractivity (Wildman–Crippen MR) is 124 cm³/mol. The summed E-state index contributed by atoms with van der Waals surface area (Å²) >= 11 is 1.75. The van der Waals surface area contributed by atoms with E-state index in [2.05, 4.69) is 39.6 Å². The summed E-state index contributed by atoms with van der Waals surface area (Å²) in [5.41, 5.74) is 1.17. The lowest BCUT2D eigenvalue weighted by molar-refractivity contribution is 0.0915. The van der Waals surface area contributed by atoms with E-state index < -0.39 is 0 Å². The molecule has 4 heterocycles. The molecule has 1 saturated heterocycles. The summed E-state index contributed by atoms with van der Waals surface area (Å²) in [5, 5.41) is 5.83. The molecule has 1 N–H and O–H groups in total. The summed E-state index contributed by atoms with van der Waals surface area (Å²) in [6.07, 6.45) is 4.17. The number of piperidine rings is 1. The molecule has 3 aromatic rings. The number of fused-ring (bicyclic) bond motifs is 2. The molecule has 31 heavy (non-hydrogen) atoms. The van der Waals surface area contributed by atoms with Gasteiger partial charge < -0.3 is 5.32 Å². The average molecular weight is 437 g/mol. The van der Waals surface area contributed by atoms with E-state index in [4.69, 9.17) is 0 Å². The summed E-state index contributed by atoms with van der Waals surface area (Å²) in [7, 11) is 0. The number of aromatic nitrogens is 2. The van der Waals surface area contributed by atoms with Crippen LogP contribution in [0.4, 0.5) is 0 Å². The molecule has 5 rings (SSSR count). The summed E-state index contributed by atoms with van der Waals surface area (Å²) in [4.78, 5) is 34.1. The minimum absolute atomic E-state index is 0.00143. The number of hydrogen-bond acceptors (Lipinski definition) is 5. The standard InChI is InChI=1S/C24H28N4O2S/c1-16-8-11-27(12-9-16)20(21-4-3-13-31-21)15-25-23(29)17-6-7-18-19(14-17)26-22-5-2-10-28(22)24(18)30/h3-4,6-7,13-14,16,20H,2,5,8-12,15H2,1H3,(H,25,29)/t20-/m1/s1. The molecule has 162 valence electrons. The van der Waals surface area contributed by atoms with Gasteiger partial charge in [0.1, 0.15) is 5.82 Å².